The van der Waals surface area contributed by atoms with E-state index < -0.39 is 5.95 Å². The molecule has 0 saturated heterocycles. The number of hydrazone groups is 1. The summed E-state index contributed by atoms with van der Waals surface area (Å²) >= 11 is 0. The molecule has 0 saturated carbocycles. The summed E-state index contributed by atoms with van der Waals surface area (Å²) in [6.45, 7) is 0. The summed E-state index contributed by atoms with van der Waals surface area (Å²) in [5.74, 6) is 4.34. The van der Waals surface area contributed by atoms with Crippen LogP contribution in [0.1, 0.15) is 5.56 Å². The highest BCUT2D eigenvalue weighted by Crippen LogP contribution is 1.94. The summed E-state index contributed by atoms with van der Waals surface area (Å²) in [4.78, 5) is 3.38. The second kappa shape index (κ2) is 2.91. The largest absolute Gasteiger partial charge is 0.323 e. The molecule has 0 fully saturated rings. The van der Waals surface area contributed by atoms with Crippen LogP contribution in [0.15, 0.2) is 23.4 Å². The summed E-state index contributed by atoms with van der Waals surface area (Å²) in [7, 11) is 0. The number of hydrogen-bond acceptors (Lipinski definition) is 3. The predicted molar refractivity (Wildman–Crippen MR) is 36.0 cm³/mol. The highest BCUT2D eigenvalue weighted by Gasteiger charge is 1.88. The van der Waals surface area contributed by atoms with Gasteiger partial charge in [-0.1, -0.05) is 0 Å². The van der Waals surface area contributed by atoms with Gasteiger partial charge < -0.3 is 5.84 Å². The number of pyridine rings is 1. The number of hydrogen-bond donors (Lipinski definition) is 1. The smallest absolute Gasteiger partial charge is 0.212 e. The molecular weight excluding hydrogens is 133 g/mol. The molecule has 0 aliphatic rings. The Morgan fingerprint density at radius 1 is 1.60 bits per heavy atom. The van der Waals surface area contributed by atoms with Gasteiger partial charge in [0.25, 0.3) is 0 Å². The molecule has 10 heavy (non-hydrogen) atoms. The first-order valence-electron chi connectivity index (χ1n) is 2.68. The molecule has 0 aliphatic heterocycles. The van der Waals surface area contributed by atoms with Crippen LogP contribution in [0.5, 0.6) is 0 Å². The van der Waals surface area contributed by atoms with E-state index in [0.29, 0.717) is 5.56 Å². The van der Waals surface area contributed by atoms with Crippen molar-refractivity contribution in [2.75, 3.05) is 0 Å². The molecule has 0 bridgehead atoms. The van der Waals surface area contributed by atoms with E-state index in [9.17, 15) is 4.39 Å². The fourth-order valence-electron chi connectivity index (χ4n) is 0.550. The second-order valence-electron chi connectivity index (χ2n) is 1.69. The van der Waals surface area contributed by atoms with E-state index in [-0.39, 0.29) is 0 Å². The zero-order valence-corrected chi connectivity index (χ0v) is 5.16. The molecule has 0 aliphatic carbocycles. The van der Waals surface area contributed by atoms with Crippen LogP contribution in [0, 0.1) is 5.95 Å². The van der Waals surface area contributed by atoms with Crippen molar-refractivity contribution in [2.24, 2.45) is 10.9 Å². The third kappa shape index (κ3) is 1.51. The highest BCUT2D eigenvalue weighted by atomic mass is 19.1. The Labute approximate surface area is 57.4 Å². The van der Waals surface area contributed by atoms with Crippen molar-refractivity contribution in [3.8, 4) is 0 Å². The normalized spacial score (nSPS) is 10.5. The van der Waals surface area contributed by atoms with Crippen LogP contribution in [0.4, 0.5) is 4.39 Å². The molecular formula is C6H6FN3. The number of nitrogens with two attached hydrogens (primary N) is 1. The van der Waals surface area contributed by atoms with Gasteiger partial charge in [-0.05, 0) is 12.1 Å². The summed E-state index contributed by atoms with van der Waals surface area (Å²) in [5, 5.41) is 3.25. The Morgan fingerprint density at radius 2 is 2.40 bits per heavy atom. The summed E-state index contributed by atoms with van der Waals surface area (Å²) in [6, 6.07) is 2.79. The molecule has 4 heteroatoms. The molecule has 0 atom stereocenters. The molecule has 3 nitrogen and oxygen atoms in total. The molecule has 1 heterocycles. The van der Waals surface area contributed by atoms with Gasteiger partial charge in [-0.15, -0.1) is 0 Å². The van der Waals surface area contributed by atoms with Crippen LogP contribution in [-0.4, -0.2) is 11.2 Å². The lowest BCUT2D eigenvalue weighted by molar-refractivity contribution is 0.583. The van der Waals surface area contributed by atoms with Crippen LogP contribution in [-0.2, 0) is 0 Å². The van der Waals surface area contributed by atoms with E-state index in [1.165, 1.54) is 18.5 Å². The van der Waals surface area contributed by atoms with Crippen molar-refractivity contribution in [1.29, 1.82) is 0 Å². The number of aromatic nitrogens is 1. The standard InChI is InChI=1S/C6H6FN3/c7-6-2-1-5(3-9-6)4-10-8/h1-4H,8H2/b10-4+. The number of nitrogens with zero attached hydrogens (tertiary/aromatic N) is 2. The van der Waals surface area contributed by atoms with Gasteiger partial charge in [0.1, 0.15) is 0 Å². The Kier molecular flexibility index (Phi) is 1.94. The minimum absolute atomic E-state index is 0.505. The Morgan fingerprint density at radius 3 is 2.90 bits per heavy atom. The molecule has 0 amide bonds. The Bertz CT molecular complexity index is 229. The quantitative estimate of drug-likeness (QED) is 0.267. The van der Waals surface area contributed by atoms with Crippen molar-refractivity contribution in [2.45, 2.75) is 0 Å². The molecule has 0 radical (unpaired) electrons. The molecule has 2 N–H and O–H groups in total. The van der Waals surface area contributed by atoms with E-state index in [1.807, 2.05) is 0 Å². The zero-order chi connectivity index (χ0) is 7.40. The van der Waals surface area contributed by atoms with Gasteiger partial charge in [-0.2, -0.15) is 9.49 Å². The zero-order valence-electron chi connectivity index (χ0n) is 5.16. The van der Waals surface area contributed by atoms with E-state index in [0.717, 1.165) is 0 Å². The van der Waals surface area contributed by atoms with Gasteiger partial charge >= 0.3 is 0 Å². The van der Waals surface area contributed by atoms with Gasteiger partial charge in [-0.25, -0.2) is 4.98 Å². The van der Waals surface area contributed by atoms with Crippen molar-refractivity contribution in [3.63, 3.8) is 0 Å². The number of rotatable bonds is 1. The molecule has 0 spiro atoms. The third-order valence-corrected chi connectivity index (χ3v) is 0.974. The van der Waals surface area contributed by atoms with Gasteiger partial charge in [-0.3, -0.25) is 0 Å². The monoisotopic (exact) mass is 139 g/mol. The average molecular weight is 139 g/mol. The second-order valence-corrected chi connectivity index (χ2v) is 1.69. The minimum Gasteiger partial charge on any atom is -0.323 e. The lowest BCUT2D eigenvalue weighted by Gasteiger charge is -1.88. The third-order valence-electron chi connectivity index (χ3n) is 0.974. The lowest BCUT2D eigenvalue weighted by atomic mass is 10.3. The van der Waals surface area contributed by atoms with Crippen LogP contribution < -0.4 is 5.84 Å². The van der Waals surface area contributed by atoms with Crippen molar-refractivity contribution >= 4 is 6.21 Å². The predicted octanol–water partition coefficient (Wildman–Crippen LogP) is 0.513. The highest BCUT2D eigenvalue weighted by molar-refractivity contribution is 5.78. The van der Waals surface area contributed by atoms with E-state index in [4.69, 9.17) is 5.84 Å². The van der Waals surface area contributed by atoms with Gasteiger partial charge in [0.05, 0.1) is 6.21 Å². The van der Waals surface area contributed by atoms with Gasteiger partial charge in [0.2, 0.25) is 5.95 Å². The molecule has 0 unspecified atom stereocenters. The first kappa shape index (κ1) is 6.67. The SMILES string of the molecule is N/N=C/c1ccc(F)nc1. The maximum absolute atomic E-state index is 12.1. The fourth-order valence-corrected chi connectivity index (χ4v) is 0.550. The minimum atomic E-state index is -0.505. The van der Waals surface area contributed by atoms with E-state index in [1.54, 1.807) is 6.07 Å². The Balaban J connectivity index is 2.89. The number of halogens is 1. The van der Waals surface area contributed by atoms with Crippen LogP contribution in [0.2, 0.25) is 0 Å². The topological polar surface area (TPSA) is 51.3 Å². The van der Waals surface area contributed by atoms with Crippen LogP contribution in [0.25, 0.3) is 0 Å². The summed E-state index contributed by atoms with van der Waals surface area (Å²) in [6.07, 6.45) is 2.75. The first-order chi connectivity index (χ1) is 4.83. The Hall–Kier alpha value is -1.45. The average Bonchev–Trinajstić information content (AvgIpc) is 1.95. The van der Waals surface area contributed by atoms with E-state index in [2.05, 4.69) is 10.1 Å². The van der Waals surface area contributed by atoms with Crippen LogP contribution in [0.3, 0.4) is 0 Å². The van der Waals surface area contributed by atoms with Gasteiger partial charge in [0.15, 0.2) is 0 Å². The lowest BCUT2D eigenvalue weighted by Crippen LogP contribution is -1.88. The summed E-state index contributed by atoms with van der Waals surface area (Å²) in [5.41, 5.74) is 0.684. The maximum Gasteiger partial charge on any atom is 0.212 e. The van der Waals surface area contributed by atoms with Crippen molar-refractivity contribution < 1.29 is 4.39 Å². The first-order valence-corrected chi connectivity index (χ1v) is 2.68. The van der Waals surface area contributed by atoms with Crippen LogP contribution >= 0.6 is 0 Å². The maximum atomic E-state index is 12.1. The molecule has 0 aromatic carbocycles. The summed E-state index contributed by atoms with van der Waals surface area (Å²) < 4.78 is 12.1. The molecule has 1 rings (SSSR count). The molecule has 1 aromatic rings. The van der Waals surface area contributed by atoms with Crippen molar-refractivity contribution in [1.82, 2.24) is 4.98 Å². The molecule has 1 aromatic heterocycles. The van der Waals surface area contributed by atoms with Crippen molar-refractivity contribution in [3.05, 3.63) is 29.8 Å². The fraction of sp³-hybridized carbons (Fsp3) is 0. The van der Waals surface area contributed by atoms with Gasteiger partial charge in [0, 0.05) is 11.8 Å². The van der Waals surface area contributed by atoms with E-state index >= 15 is 0 Å². The molecule has 52 valence electrons.